The zero-order valence-electron chi connectivity index (χ0n) is 17.7. The number of carboxylic acids is 1. The molecule has 1 aliphatic rings. The van der Waals surface area contributed by atoms with E-state index in [9.17, 15) is 19.1 Å². The van der Waals surface area contributed by atoms with Crippen LogP contribution in [-0.4, -0.2) is 40.4 Å². The molecule has 4 rings (SSSR count). The molecule has 0 saturated carbocycles. The van der Waals surface area contributed by atoms with Gasteiger partial charge in [0.2, 0.25) is 0 Å². The minimum atomic E-state index is -1.05. The molecule has 8 nitrogen and oxygen atoms in total. The predicted octanol–water partition coefficient (Wildman–Crippen LogP) is 3.57. The van der Waals surface area contributed by atoms with Gasteiger partial charge in [0.25, 0.3) is 5.91 Å². The highest BCUT2D eigenvalue weighted by Gasteiger charge is 2.29. The number of benzene rings is 2. The molecule has 3 N–H and O–H groups in total. The van der Waals surface area contributed by atoms with Crippen LogP contribution in [0.25, 0.3) is 5.69 Å². The Labute approximate surface area is 184 Å². The largest absolute Gasteiger partial charge is 0.496 e. The summed E-state index contributed by atoms with van der Waals surface area (Å²) in [6, 6.07) is 10.8. The average Bonchev–Trinajstić information content (AvgIpc) is 3.19. The van der Waals surface area contributed by atoms with Gasteiger partial charge in [-0.2, -0.15) is 5.10 Å². The first-order valence-electron chi connectivity index (χ1n) is 10.2. The third kappa shape index (κ3) is 4.01. The molecule has 0 radical (unpaired) electrons. The third-order valence-electron chi connectivity index (χ3n) is 5.50. The number of methoxy groups -OCH3 is 1. The molecule has 2 heterocycles. The van der Waals surface area contributed by atoms with E-state index in [4.69, 9.17) is 4.74 Å². The molecule has 0 bridgehead atoms. The molecule has 2 aromatic carbocycles. The summed E-state index contributed by atoms with van der Waals surface area (Å²) in [6.07, 6.45) is 0.887. The normalized spacial score (nSPS) is 14.9. The molecule has 32 heavy (non-hydrogen) atoms. The van der Waals surface area contributed by atoms with Crippen LogP contribution < -0.4 is 15.4 Å². The van der Waals surface area contributed by atoms with Gasteiger partial charge in [-0.1, -0.05) is 19.1 Å². The van der Waals surface area contributed by atoms with E-state index in [-0.39, 0.29) is 29.5 Å². The van der Waals surface area contributed by atoms with Crippen molar-refractivity contribution in [2.75, 3.05) is 19.0 Å². The van der Waals surface area contributed by atoms with E-state index in [1.165, 1.54) is 23.9 Å². The van der Waals surface area contributed by atoms with Crippen LogP contribution in [0.5, 0.6) is 5.75 Å². The second-order valence-electron chi connectivity index (χ2n) is 7.64. The molecule has 9 heteroatoms. The number of anilines is 1. The predicted molar refractivity (Wildman–Crippen MR) is 116 cm³/mol. The number of nitrogens with zero attached hydrogens (tertiary/aromatic N) is 2. The molecule has 0 saturated heterocycles. The molecule has 166 valence electrons. The Morgan fingerprint density at radius 1 is 1.28 bits per heavy atom. The Hall–Kier alpha value is -3.88. The standard InChI is InChI=1S/C23H23FN4O4/c1-13-9-10-25-20-19(13)27-28(21(20)23(30)31)16-6-3-14(4-7-16)12-26-22(29)17-11-15(24)5-8-18(17)32-2/h3-8,11,13,25H,9-10,12H2,1-2H3,(H,26,29)(H,30,31). The Bertz CT molecular complexity index is 1170. The maximum atomic E-state index is 13.5. The van der Waals surface area contributed by atoms with Crippen LogP contribution in [0.15, 0.2) is 42.5 Å². The van der Waals surface area contributed by atoms with Gasteiger partial charge in [-0.05, 0) is 42.3 Å². The number of hydrogen-bond acceptors (Lipinski definition) is 5. The number of nitrogens with one attached hydrogen (secondary N) is 2. The van der Waals surface area contributed by atoms with Crippen LogP contribution in [0.1, 0.15) is 51.4 Å². The summed E-state index contributed by atoms with van der Waals surface area (Å²) in [4.78, 5) is 24.4. The quantitative estimate of drug-likeness (QED) is 0.543. The summed E-state index contributed by atoms with van der Waals surface area (Å²) in [6.45, 7) is 2.94. The first kappa shape index (κ1) is 21.4. The van der Waals surface area contributed by atoms with Gasteiger partial charge < -0.3 is 20.5 Å². The minimum Gasteiger partial charge on any atom is -0.496 e. The molecular weight excluding hydrogens is 415 g/mol. The summed E-state index contributed by atoms with van der Waals surface area (Å²) in [7, 11) is 1.41. The summed E-state index contributed by atoms with van der Waals surface area (Å²) in [5, 5.41) is 20.2. The Kier molecular flexibility index (Phi) is 5.81. The van der Waals surface area contributed by atoms with Crippen molar-refractivity contribution in [3.05, 3.63) is 70.8 Å². The number of aromatic carboxylic acids is 1. The van der Waals surface area contributed by atoms with Crippen molar-refractivity contribution in [1.29, 1.82) is 0 Å². The molecule has 1 atom stereocenters. The first-order chi connectivity index (χ1) is 15.4. The summed E-state index contributed by atoms with van der Waals surface area (Å²) in [5.41, 5.74) is 2.92. The number of halogens is 1. The number of fused-ring (bicyclic) bond motifs is 1. The Balaban J connectivity index is 1.53. The van der Waals surface area contributed by atoms with Crippen LogP contribution in [-0.2, 0) is 6.54 Å². The van der Waals surface area contributed by atoms with Crippen LogP contribution in [0.2, 0.25) is 0 Å². The van der Waals surface area contributed by atoms with Crippen LogP contribution in [0.4, 0.5) is 10.1 Å². The average molecular weight is 438 g/mol. The number of carboxylic acid groups (broad SMARTS) is 1. The van der Waals surface area contributed by atoms with Crippen LogP contribution in [0, 0.1) is 5.82 Å². The van der Waals surface area contributed by atoms with E-state index in [1.807, 2.05) is 6.92 Å². The topological polar surface area (TPSA) is 105 Å². The third-order valence-corrected chi connectivity index (χ3v) is 5.50. The summed E-state index contributed by atoms with van der Waals surface area (Å²) >= 11 is 0. The smallest absolute Gasteiger partial charge is 0.356 e. The molecule has 0 fully saturated rings. The maximum Gasteiger partial charge on any atom is 0.356 e. The number of aromatic nitrogens is 2. The first-order valence-corrected chi connectivity index (χ1v) is 10.2. The van der Waals surface area contributed by atoms with Crippen molar-refractivity contribution in [3.63, 3.8) is 0 Å². The van der Waals surface area contributed by atoms with Crippen molar-refractivity contribution >= 4 is 17.6 Å². The highest BCUT2D eigenvalue weighted by atomic mass is 19.1. The molecule has 3 aromatic rings. The van der Waals surface area contributed by atoms with Crippen molar-refractivity contribution in [1.82, 2.24) is 15.1 Å². The number of rotatable bonds is 6. The maximum absolute atomic E-state index is 13.5. The molecule has 1 aliphatic heterocycles. The number of ether oxygens (including phenoxy) is 1. The van der Waals surface area contributed by atoms with Gasteiger partial charge in [-0.25, -0.2) is 13.9 Å². The van der Waals surface area contributed by atoms with Crippen molar-refractivity contribution in [2.24, 2.45) is 0 Å². The lowest BCUT2D eigenvalue weighted by molar-refractivity contribution is 0.0687. The second kappa shape index (κ2) is 8.70. The number of hydrogen-bond donors (Lipinski definition) is 3. The fourth-order valence-corrected chi connectivity index (χ4v) is 3.78. The van der Waals surface area contributed by atoms with Gasteiger partial charge in [-0.3, -0.25) is 4.79 Å². The Morgan fingerprint density at radius 3 is 2.72 bits per heavy atom. The van der Waals surface area contributed by atoms with Gasteiger partial charge in [0.05, 0.1) is 29.7 Å². The fraction of sp³-hybridized carbons (Fsp3) is 0.261. The lowest BCUT2D eigenvalue weighted by atomic mass is 9.98. The lowest BCUT2D eigenvalue weighted by Gasteiger charge is -2.18. The van der Waals surface area contributed by atoms with E-state index < -0.39 is 17.7 Å². The second-order valence-corrected chi connectivity index (χ2v) is 7.64. The number of carbonyl (C=O) groups excluding carboxylic acids is 1. The lowest BCUT2D eigenvalue weighted by Crippen LogP contribution is -2.23. The van der Waals surface area contributed by atoms with Gasteiger partial charge in [0.15, 0.2) is 5.69 Å². The SMILES string of the molecule is COc1ccc(F)cc1C(=O)NCc1ccc(-n2nc3c(c2C(=O)O)NCCC3C)cc1. The van der Waals surface area contributed by atoms with Crippen molar-refractivity contribution in [3.8, 4) is 11.4 Å². The zero-order valence-corrected chi connectivity index (χ0v) is 17.7. The zero-order chi connectivity index (χ0) is 22.8. The van der Waals surface area contributed by atoms with Crippen molar-refractivity contribution in [2.45, 2.75) is 25.8 Å². The van der Waals surface area contributed by atoms with E-state index in [2.05, 4.69) is 15.7 Å². The van der Waals surface area contributed by atoms with E-state index in [0.717, 1.165) is 23.7 Å². The highest BCUT2D eigenvalue weighted by molar-refractivity contribution is 5.97. The molecule has 0 aliphatic carbocycles. The van der Waals surface area contributed by atoms with E-state index in [1.54, 1.807) is 24.3 Å². The number of amides is 1. The van der Waals surface area contributed by atoms with Crippen LogP contribution >= 0.6 is 0 Å². The highest BCUT2D eigenvalue weighted by Crippen LogP contribution is 2.34. The van der Waals surface area contributed by atoms with Gasteiger partial charge >= 0.3 is 5.97 Å². The van der Waals surface area contributed by atoms with Crippen LogP contribution in [0.3, 0.4) is 0 Å². The fourth-order valence-electron chi connectivity index (χ4n) is 3.78. The van der Waals surface area contributed by atoms with E-state index >= 15 is 0 Å². The van der Waals surface area contributed by atoms with Gasteiger partial charge in [0, 0.05) is 19.0 Å². The molecular formula is C23H23FN4O4. The summed E-state index contributed by atoms with van der Waals surface area (Å²) in [5.74, 6) is -1.59. The Morgan fingerprint density at radius 2 is 2.03 bits per heavy atom. The van der Waals surface area contributed by atoms with Gasteiger partial charge in [-0.15, -0.1) is 0 Å². The molecule has 1 amide bonds. The monoisotopic (exact) mass is 438 g/mol. The number of carbonyl (C=O) groups is 2. The molecule has 1 aromatic heterocycles. The van der Waals surface area contributed by atoms with Gasteiger partial charge in [0.1, 0.15) is 11.6 Å². The summed E-state index contributed by atoms with van der Waals surface area (Å²) < 4.78 is 20.1. The van der Waals surface area contributed by atoms with Crippen molar-refractivity contribution < 1.29 is 23.8 Å². The van der Waals surface area contributed by atoms with E-state index in [0.29, 0.717) is 17.9 Å². The minimum absolute atomic E-state index is 0.103. The molecule has 1 unspecified atom stereocenters. The molecule has 0 spiro atoms.